The number of hydrogen-bond acceptors (Lipinski definition) is 2. The van der Waals surface area contributed by atoms with E-state index in [0.29, 0.717) is 13.0 Å². The highest BCUT2D eigenvalue weighted by atomic mass is 19.1. The molecule has 3 heteroatoms. The predicted molar refractivity (Wildman–Crippen MR) is 59.3 cm³/mol. The van der Waals surface area contributed by atoms with Crippen molar-refractivity contribution in [3.63, 3.8) is 0 Å². The molecule has 0 heterocycles. The van der Waals surface area contributed by atoms with Crippen molar-refractivity contribution in [2.75, 3.05) is 13.1 Å². The molecule has 1 atom stereocenters. The van der Waals surface area contributed by atoms with Crippen LogP contribution in [0.15, 0.2) is 24.3 Å². The highest BCUT2D eigenvalue weighted by molar-refractivity contribution is 5.17. The van der Waals surface area contributed by atoms with Gasteiger partial charge in [0.2, 0.25) is 0 Å². The van der Waals surface area contributed by atoms with Crippen molar-refractivity contribution in [3.05, 3.63) is 35.6 Å². The Bertz CT molecular complexity index is 291. The highest BCUT2D eigenvalue weighted by Crippen LogP contribution is 2.06. The fourth-order valence-electron chi connectivity index (χ4n) is 1.45. The van der Waals surface area contributed by atoms with Crippen LogP contribution in [-0.4, -0.2) is 24.3 Å². The van der Waals surface area contributed by atoms with E-state index in [1.165, 1.54) is 12.1 Å². The normalized spacial score (nSPS) is 12.7. The molecule has 1 rings (SSSR count). The molecule has 84 valence electrons. The Hall–Kier alpha value is -0.930. The fraction of sp³-hybridized carbons (Fsp3) is 0.500. The third kappa shape index (κ3) is 4.91. The van der Waals surface area contributed by atoms with Crippen LogP contribution in [0.25, 0.3) is 0 Å². The van der Waals surface area contributed by atoms with E-state index in [1.54, 1.807) is 6.07 Å². The summed E-state index contributed by atoms with van der Waals surface area (Å²) in [5, 5.41) is 12.8. The summed E-state index contributed by atoms with van der Waals surface area (Å²) < 4.78 is 12.8. The van der Waals surface area contributed by atoms with Crippen LogP contribution in [0, 0.1) is 5.82 Å². The van der Waals surface area contributed by atoms with Crippen LogP contribution >= 0.6 is 0 Å². The summed E-state index contributed by atoms with van der Waals surface area (Å²) in [7, 11) is 0. The zero-order chi connectivity index (χ0) is 11.1. The van der Waals surface area contributed by atoms with Gasteiger partial charge in [-0.25, -0.2) is 4.39 Å². The zero-order valence-electron chi connectivity index (χ0n) is 9.04. The minimum Gasteiger partial charge on any atom is -0.391 e. The fourth-order valence-corrected chi connectivity index (χ4v) is 1.45. The van der Waals surface area contributed by atoms with E-state index in [2.05, 4.69) is 12.2 Å². The monoisotopic (exact) mass is 211 g/mol. The van der Waals surface area contributed by atoms with Gasteiger partial charge in [-0.2, -0.15) is 0 Å². The summed E-state index contributed by atoms with van der Waals surface area (Å²) in [5.74, 6) is -0.249. The Balaban J connectivity index is 2.34. The molecular formula is C12H18FNO. The quantitative estimate of drug-likeness (QED) is 0.702. The van der Waals surface area contributed by atoms with Gasteiger partial charge in [0.1, 0.15) is 5.82 Å². The predicted octanol–water partition coefficient (Wildman–Crippen LogP) is 1.73. The van der Waals surface area contributed by atoms with Crippen LogP contribution in [-0.2, 0) is 6.42 Å². The second kappa shape index (κ2) is 6.53. The Morgan fingerprint density at radius 3 is 2.93 bits per heavy atom. The molecule has 0 bridgehead atoms. The maximum absolute atomic E-state index is 12.8. The molecule has 2 nitrogen and oxygen atoms in total. The first-order chi connectivity index (χ1) is 7.22. The summed E-state index contributed by atoms with van der Waals surface area (Å²) in [5.41, 5.74) is 0.834. The van der Waals surface area contributed by atoms with Crippen LogP contribution in [0.1, 0.15) is 18.9 Å². The molecular weight excluding hydrogens is 193 g/mol. The summed E-state index contributed by atoms with van der Waals surface area (Å²) in [6, 6.07) is 6.36. The molecule has 1 aromatic carbocycles. The van der Waals surface area contributed by atoms with Gasteiger partial charge in [-0.15, -0.1) is 0 Å². The van der Waals surface area contributed by atoms with E-state index in [0.717, 1.165) is 18.5 Å². The van der Waals surface area contributed by atoms with Gasteiger partial charge in [0.15, 0.2) is 0 Å². The smallest absolute Gasteiger partial charge is 0.123 e. The van der Waals surface area contributed by atoms with Crippen molar-refractivity contribution < 1.29 is 9.50 Å². The van der Waals surface area contributed by atoms with Crippen molar-refractivity contribution in [2.24, 2.45) is 0 Å². The first-order valence-electron chi connectivity index (χ1n) is 5.35. The van der Waals surface area contributed by atoms with Crippen LogP contribution < -0.4 is 5.32 Å². The Morgan fingerprint density at radius 2 is 2.27 bits per heavy atom. The first-order valence-corrected chi connectivity index (χ1v) is 5.35. The van der Waals surface area contributed by atoms with Gasteiger partial charge in [-0.1, -0.05) is 19.1 Å². The van der Waals surface area contributed by atoms with Gasteiger partial charge in [0.05, 0.1) is 6.10 Å². The molecule has 0 aliphatic rings. The van der Waals surface area contributed by atoms with E-state index in [1.807, 2.05) is 6.07 Å². The lowest BCUT2D eigenvalue weighted by atomic mass is 10.1. The molecule has 0 aromatic heterocycles. The molecule has 0 aliphatic carbocycles. The van der Waals surface area contributed by atoms with E-state index >= 15 is 0 Å². The molecule has 0 aliphatic heterocycles. The van der Waals surface area contributed by atoms with Gasteiger partial charge in [-0.3, -0.25) is 0 Å². The van der Waals surface area contributed by atoms with Crippen LogP contribution in [0.3, 0.4) is 0 Å². The molecule has 15 heavy (non-hydrogen) atoms. The lowest BCUT2D eigenvalue weighted by Crippen LogP contribution is -2.28. The van der Waals surface area contributed by atoms with Gasteiger partial charge < -0.3 is 10.4 Å². The van der Waals surface area contributed by atoms with Gasteiger partial charge in [0, 0.05) is 6.54 Å². The number of nitrogens with one attached hydrogen (secondary N) is 1. The second-order valence-electron chi connectivity index (χ2n) is 3.69. The molecule has 0 radical (unpaired) electrons. The standard InChI is InChI=1S/C12H18FNO/c1-2-6-14-9-12(15)8-10-4-3-5-11(13)7-10/h3-5,7,12,14-15H,2,6,8-9H2,1H3. The average Bonchev–Trinajstić information content (AvgIpc) is 2.18. The van der Waals surface area contributed by atoms with Crippen molar-refractivity contribution >= 4 is 0 Å². The molecule has 1 aromatic rings. The molecule has 0 saturated heterocycles. The molecule has 2 N–H and O–H groups in total. The largest absolute Gasteiger partial charge is 0.391 e. The molecule has 0 saturated carbocycles. The summed E-state index contributed by atoms with van der Waals surface area (Å²) in [4.78, 5) is 0. The van der Waals surface area contributed by atoms with Gasteiger partial charge in [0.25, 0.3) is 0 Å². The number of benzene rings is 1. The van der Waals surface area contributed by atoms with E-state index in [-0.39, 0.29) is 5.82 Å². The lowest BCUT2D eigenvalue weighted by molar-refractivity contribution is 0.172. The topological polar surface area (TPSA) is 32.3 Å². The van der Waals surface area contributed by atoms with Gasteiger partial charge in [-0.05, 0) is 37.1 Å². The van der Waals surface area contributed by atoms with Crippen molar-refractivity contribution in [1.82, 2.24) is 5.32 Å². The number of aliphatic hydroxyl groups excluding tert-OH is 1. The van der Waals surface area contributed by atoms with Crippen molar-refractivity contribution in [3.8, 4) is 0 Å². The Morgan fingerprint density at radius 1 is 1.47 bits per heavy atom. The van der Waals surface area contributed by atoms with E-state index < -0.39 is 6.10 Å². The summed E-state index contributed by atoms with van der Waals surface area (Å²) >= 11 is 0. The number of hydrogen-bond donors (Lipinski definition) is 2. The highest BCUT2D eigenvalue weighted by Gasteiger charge is 2.05. The van der Waals surface area contributed by atoms with Crippen LogP contribution in [0.2, 0.25) is 0 Å². The third-order valence-corrected chi connectivity index (χ3v) is 2.17. The van der Waals surface area contributed by atoms with Crippen LogP contribution in [0.5, 0.6) is 0 Å². The van der Waals surface area contributed by atoms with Crippen molar-refractivity contribution in [2.45, 2.75) is 25.9 Å². The summed E-state index contributed by atoms with van der Waals surface area (Å²) in [6.07, 6.45) is 1.10. The molecule has 0 amide bonds. The second-order valence-corrected chi connectivity index (χ2v) is 3.69. The maximum Gasteiger partial charge on any atom is 0.123 e. The average molecular weight is 211 g/mol. The summed E-state index contributed by atoms with van der Waals surface area (Å²) in [6.45, 7) is 3.54. The van der Waals surface area contributed by atoms with Crippen molar-refractivity contribution in [1.29, 1.82) is 0 Å². The maximum atomic E-state index is 12.8. The zero-order valence-corrected chi connectivity index (χ0v) is 9.04. The minimum absolute atomic E-state index is 0.249. The SMILES string of the molecule is CCCNCC(O)Cc1cccc(F)c1. The van der Waals surface area contributed by atoms with E-state index in [4.69, 9.17) is 0 Å². The molecule has 1 unspecified atom stereocenters. The first kappa shape index (κ1) is 12.1. The number of aliphatic hydroxyl groups is 1. The Labute approximate surface area is 90.1 Å². The third-order valence-electron chi connectivity index (χ3n) is 2.17. The number of halogens is 1. The Kier molecular flexibility index (Phi) is 5.29. The van der Waals surface area contributed by atoms with Gasteiger partial charge >= 0.3 is 0 Å². The number of rotatable bonds is 6. The lowest BCUT2D eigenvalue weighted by Gasteiger charge is -2.11. The van der Waals surface area contributed by atoms with Crippen LogP contribution in [0.4, 0.5) is 4.39 Å². The molecule has 0 spiro atoms. The molecule has 0 fully saturated rings. The minimum atomic E-state index is -0.446. The van der Waals surface area contributed by atoms with E-state index in [9.17, 15) is 9.50 Å².